The minimum absolute atomic E-state index is 0.0238. The van der Waals surface area contributed by atoms with Gasteiger partial charge in [0.25, 0.3) is 5.91 Å². The number of anilines is 1. The van der Waals surface area contributed by atoms with Gasteiger partial charge in [0, 0.05) is 6.04 Å². The Labute approximate surface area is 193 Å². The first-order valence-corrected chi connectivity index (χ1v) is 11.2. The van der Waals surface area contributed by atoms with E-state index in [9.17, 15) is 18.4 Å². The minimum Gasteiger partial charge on any atom is -0.497 e. The fourth-order valence-corrected chi connectivity index (χ4v) is 3.91. The van der Waals surface area contributed by atoms with Gasteiger partial charge in [0.1, 0.15) is 17.2 Å². The number of hydrogen-bond donors (Lipinski definition) is 1. The monoisotopic (exact) mass is 473 g/mol. The van der Waals surface area contributed by atoms with Crippen molar-refractivity contribution < 1.29 is 27.8 Å². The van der Waals surface area contributed by atoms with Crippen molar-refractivity contribution in [2.24, 2.45) is 4.99 Å². The number of alkyl halides is 2. The van der Waals surface area contributed by atoms with Crippen LogP contribution in [0.4, 0.5) is 14.5 Å². The molecule has 33 heavy (non-hydrogen) atoms. The number of nitrogens with one attached hydrogen (secondary N) is 1. The quantitative estimate of drug-likeness (QED) is 0.585. The van der Waals surface area contributed by atoms with Gasteiger partial charge in [0.2, 0.25) is 5.91 Å². The number of nitrogens with zero attached hydrogens (tertiary/aromatic N) is 2. The van der Waals surface area contributed by atoms with Crippen LogP contribution in [0.3, 0.4) is 0 Å². The van der Waals surface area contributed by atoms with Crippen LogP contribution in [0.15, 0.2) is 59.2 Å². The lowest BCUT2D eigenvalue weighted by Gasteiger charge is -2.18. The van der Waals surface area contributed by atoms with E-state index < -0.39 is 12.5 Å². The van der Waals surface area contributed by atoms with Gasteiger partial charge in [0.05, 0.1) is 18.6 Å². The number of benzene rings is 2. The average Bonchev–Trinajstić information content (AvgIpc) is 3.56. The number of methoxy groups -OCH3 is 1. The number of amides is 2. The molecule has 10 heteroatoms. The molecule has 1 aliphatic heterocycles. The molecule has 4 rings (SSSR count). The summed E-state index contributed by atoms with van der Waals surface area (Å²) in [6.45, 7) is -2.94. The van der Waals surface area contributed by atoms with E-state index in [1.54, 1.807) is 37.5 Å². The molecular formula is C23H21F2N3O4S. The van der Waals surface area contributed by atoms with Gasteiger partial charge in [0.15, 0.2) is 5.17 Å². The predicted molar refractivity (Wildman–Crippen MR) is 123 cm³/mol. The number of hydrogen-bond acceptors (Lipinski definition) is 6. The standard InChI is InChI=1S/C23H21F2N3O4S/c1-31-17-8-2-14(3-9-17)12-19-21(30)28(16-6-10-18(11-7-16)32-22(24)25)23(27-19)33-13-20(29)26-15-4-5-15/h2-3,6-12,15,22H,4-5,13H2,1H3,(H,26,29). The van der Waals surface area contributed by atoms with Crippen LogP contribution in [-0.4, -0.2) is 42.5 Å². The second kappa shape index (κ2) is 10.0. The molecule has 2 aliphatic rings. The van der Waals surface area contributed by atoms with Gasteiger partial charge >= 0.3 is 6.61 Å². The summed E-state index contributed by atoms with van der Waals surface area (Å²) in [5, 5.41) is 3.23. The Balaban J connectivity index is 1.57. The Bertz CT molecular complexity index is 1080. The zero-order valence-corrected chi connectivity index (χ0v) is 18.5. The lowest BCUT2D eigenvalue weighted by molar-refractivity contribution is -0.118. The van der Waals surface area contributed by atoms with Crippen molar-refractivity contribution in [3.63, 3.8) is 0 Å². The highest BCUT2D eigenvalue weighted by Gasteiger charge is 2.33. The number of carbonyl (C=O) groups excluding carboxylic acids is 2. The summed E-state index contributed by atoms with van der Waals surface area (Å²) >= 11 is 1.13. The summed E-state index contributed by atoms with van der Waals surface area (Å²) in [6, 6.07) is 13.0. The molecule has 2 aromatic rings. The Kier molecular flexibility index (Phi) is 6.93. The van der Waals surface area contributed by atoms with Gasteiger partial charge in [-0.2, -0.15) is 8.78 Å². The molecule has 0 bridgehead atoms. The zero-order valence-electron chi connectivity index (χ0n) is 17.7. The van der Waals surface area contributed by atoms with Crippen molar-refractivity contribution in [2.75, 3.05) is 17.8 Å². The Hall–Kier alpha value is -3.40. The van der Waals surface area contributed by atoms with Crippen LogP contribution in [-0.2, 0) is 9.59 Å². The van der Waals surface area contributed by atoms with Crippen molar-refractivity contribution in [1.82, 2.24) is 5.32 Å². The molecule has 1 saturated carbocycles. The molecule has 0 unspecified atom stereocenters. The predicted octanol–water partition coefficient (Wildman–Crippen LogP) is 4.05. The summed E-state index contributed by atoms with van der Waals surface area (Å²) in [7, 11) is 1.57. The van der Waals surface area contributed by atoms with Crippen LogP contribution >= 0.6 is 11.8 Å². The van der Waals surface area contributed by atoms with E-state index >= 15 is 0 Å². The lowest BCUT2D eigenvalue weighted by Crippen LogP contribution is -2.32. The maximum absolute atomic E-state index is 13.2. The molecule has 172 valence electrons. The molecule has 7 nitrogen and oxygen atoms in total. The molecule has 1 N–H and O–H groups in total. The molecule has 0 saturated heterocycles. The lowest BCUT2D eigenvalue weighted by atomic mass is 10.2. The second-order valence-electron chi connectivity index (χ2n) is 7.34. The molecule has 2 amide bonds. The van der Waals surface area contributed by atoms with Crippen LogP contribution in [0, 0.1) is 0 Å². The van der Waals surface area contributed by atoms with E-state index in [1.165, 1.54) is 29.2 Å². The summed E-state index contributed by atoms with van der Waals surface area (Å²) in [4.78, 5) is 31.2. The zero-order chi connectivity index (χ0) is 23.4. The van der Waals surface area contributed by atoms with Crippen molar-refractivity contribution in [2.45, 2.75) is 25.5 Å². The third-order valence-electron chi connectivity index (χ3n) is 4.84. The number of amidine groups is 1. The first-order chi connectivity index (χ1) is 15.9. The Morgan fingerprint density at radius 2 is 1.85 bits per heavy atom. The van der Waals surface area contributed by atoms with E-state index in [-0.39, 0.29) is 29.1 Å². The van der Waals surface area contributed by atoms with Crippen LogP contribution in [0.1, 0.15) is 18.4 Å². The number of thioether (sulfide) groups is 1. The summed E-state index contributed by atoms with van der Waals surface area (Å²) < 4.78 is 34.5. The first kappa shape index (κ1) is 22.8. The topological polar surface area (TPSA) is 80.2 Å². The summed E-state index contributed by atoms with van der Waals surface area (Å²) in [5.41, 5.74) is 1.37. The van der Waals surface area contributed by atoms with Gasteiger partial charge in [-0.1, -0.05) is 23.9 Å². The van der Waals surface area contributed by atoms with E-state index in [2.05, 4.69) is 15.0 Å². The molecular weight excluding hydrogens is 452 g/mol. The van der Waals surface area contributed by atoms with E-state index in [4.69, 9.17) is 4.74 Å². The van der Waals surface area contributed by atoms with Crippen LogP contribution in [0.5, 0.6) is 11.5 Å². The van der Waals surface area contributed by atoms with Gasteiger partial charge < -0.3 is 14.8 Å². The number of aliphatic imine (C=N–C) groups is 1. The van der Waals surface area contributed by atoms with Crippen molar-refractivity contribution in [3.8, 4) is 11.5 Å². The van der Waals surface area contributed by atoms with Crippen molar-refractivity contribution in [1.29, 1.82) is 0 Å². The molecule has 1 fully saturated rings. The average molecular weight is 474 g/mol. The number of halogens is 2. The molecule has 0 aromatic heterocycles. The van der Waals surface area contributed by atoms with Crippen LogP contribution in [0.2, 0.25) is 0 Å². The highest BCUT2D eigenvalue weighted by molar-refractivity contribution is 8.14. The van der Waals surface area contributed by atoms with E-state index in [0.29, 0.717) is 16.6 Å². The van der Waals surface area contributed by atoms with Gasteiger partial charge in [-0.25, -0.2) is 4.99 Å². The van der Waals surface area contributed by atoms with E-state index in [0.717, 1.165) is 30.2 Å². The fraction of sp³-hybridized carbons (Fsp3) is 0.261. The molecule has 2 aromatic carbocycles. The maximum Gasteiger partial charge on any atom is 0.387 e. The minimum atomic E-state index is -2.94. The van der Waals surface area contributed by atoms with Crippen LogP contribution < -0.4 is 19.7 Å². The van der Waals surface area contributed by atoms with Crippen molar-refractivity contribution >= 4 is 40.5 Å². The highest BCUT2D eigenvalue weighted by atomic mass is 32.2. The first-order valence-electron chi connectivity index (χ1n) is 10.2. The number of carbonyl (C=O) groups is 2. The van der Waals surface area contributed by atoms with E-state index in [1.807, 2.05) is 0 Å². The molecule has 0 atom stereocenters. The molecule has 0 radical (unpaired) electrons. The van der Waals surface area contributed by atoms with Gasteiger partial charge in [-0.15, -0.1) is 0 Å². The maximum atomic E-state index is 13.2. The second-order valence-corrected chi connectivity index (χ2v) is 8.28. The number of ether oxygens (including phenoxy) is 2. The van der Waals surface area contributed by atoms with Crippen molar-refractivity contribution in [3.05, 3.63) is 59.8 Å². The molecule has 1 aliphatic carbocycles. The van der Waals surface area contributed by atoms with Gasteiger partial charge in [-0.3, -0.25) is 14.5 Å². The number of rotatable bonds is 8. The Morgan fingerprint density at radius 1 is 1.18 bits per heavy atom. The molecule has 0 spiro atoms. The normalized spacial score (nSPS) is 16.8. The summed E-state index contributed by atoms with van der Waals surface area (Å²) in [5.74, 6) is 0.235. The highest BCUT2D eigenvalue weighted by Crippen LogP contribution is 2.31. The molecule has 1 heterocycles. The largest absolute Gasteiger partial charge is 0.497 e. The third kappa shape index (κ3) is 5.89. The van der Waals surface area contributed by atoms with Crippen LogP contribution in [0.25, 0.3) is 6.08 Å². The fourth-order valence-electron chi connectivity index (χ4n) is 3.08. The Morgan fingerprint density at radius 3 is 2.45 bits per heavy atom. The SMILES string of the molecule is COc1ccc(C=C2N=C(SCC(=O)NC3CC3)N(c3ccc(OC(F)F)cc3)C2=O)cc1. The summed E-state index contributed by atoms with van der Waals surface area (Å²) in [6.07, 6.45) is 3.59. The van der Waals surface area contributed by atoms with Gasteiger partial charge in [-0.05, 0) is 60.9 Å². The smallest absolute Gasteiger partial charge is 0.387 e. The third-order valence-corrected chi connectivity index (χ3v) is 5.78.